The van der Waals surface area contributed by atoms with E-state index < -0.39 is 0 Å². The first kappa shape index (κ1) is 11.4. The van der Waals surface area contributed by atoms with Gasteiger partial charge in [0.05, 0.1) is 0 Å². The fourth-order valence-electron chi connectivity index (χ4n) is 1.53. The van der Waals surface area contributed by atoms with Gasteiger partial charge < -0.3 is 11.1 Å². The number of hydrogen-bond acceptors (Lipinski definition) is 4. The summed E-state index contributed by atoms with van der Waals surface area (Å²) in [6.07, 6.45) is 1.47. The average molecular weight is 228 g/mol. The number of nitrogens with two attached hydrogens (primary N) is 1. The molecule has 2 rings (SSSR count). The van der Waals surface area contributed by atoms with Crippen LogP contribution < -0.4 is 11.1 Å². The molecule has 0 radical (unpaired) electrons. The van der Waals surface area contributed by atoms with Gasteiger partial charge in [-0.2, -0.15) is 0 Å². The first-order valence-corrected chi connectivity index (χ1v) is 5.53. The van der Waals surface area contributed by atoms with E-state index in [-0.39, 0.29) is 0 Å². The van der Waals surface area contributed by atoms with Gasteiger partial charge in [-0.05, 0) is 19.4 Å². The zero-order chi connectivity index (χ0) is 12.3. The smallest absolute Gasteiger partial charge is 0.134 e. The lowest BCUT2D eigenvalue weighted by Gasteiger charge is -2.09. The molecule has 3 N–H and O–H groups in total. The molecule has 0 spiro atoms. The number of benzene rings is 1. The summed E-state index contributed by atoms with van der Waals surface area (Å²) in [5.41, 5.74) is 9.08. The van der Waals surface area contributed by atoms with Gasteiger partial charge >= 0.3 is 0 Å². The van der Waals surface area contributed by atoms with Crippen LogP contribution in [0.3, 0.4) is 0 Å². The van der Waals surface area contributed by atoms with Crippen LogP contribution >= 0.6 is 0 Å². The molecule has 0 fully saturated rings. The lowest BCUT2D eigenvalue weighted by Crippen LogP contribution is -2.06. The summed E-state index contributed by atoms with van der Waals surface area (Å²) >= 11 is 0. The van der Waals surface area contributed by atoms with Crippen LogP contribution in [0.1, 0.15) is 16.7 Å². The van der Waals surface area contributed by atoms with Crippen LogP contribution in [0.4, 0.5) is 11.6 Å². The van der Waals surface area contributed by atoms with Gasteiger partial charge in [-0.25, -0.2) is 9.97 Å². The number of nitrogen functional groups attached to an aromatic ring is 1. The molecule has 88 valence electrons. The molecule has 0 saturated heterocycles. The van der Waals surface area contributed by atoms with Gasteiger partial charge in [-0.1, -0.05) is 29.8 Å². The van der Waals surface area contributed by atoms with Crippen LogP contribution in [0, 0.1) is 13.8 Å². The standard InChI is InChI=1S/C13H16N4/c1-9-3-5-11(6-4-9)7-15-13-10(2)12(14)16-8-17-13/h3-6,8H,7H2,1-2H3,(H3,14,15,16,17). The van der Waals surface area contributed by atoms with Gasteiger partial charge in [0.2, 0.25) is 0 Å². The quantitative estimate of drug-likeness (QED) is 0.846. The van der Waals surface area contributed by atoms with Gasteiger partial charge in [0, 0.05) is 12.1 Å². The van der Waals surface area contributed by atoms with Crippen molar-refractivity contribution in [3.63, 3.8) is 0 Å². The van der Waals surface area contributed by atoms with Crippen molar-refractivity contribution >= 4 is 11.6 Å². The first-order valence-electron chi connectivity index (χ1n) is 5.53. The molecule has 4 heteroatoms. The Hall–Kier alpha value is -2.10. The minimum atomic E-state index is 0.520. The van der Waals surface area contributed by atoms with Crippen molar-refractivity contribution in [1.82, 2.24) is 9.97 Å². The Kier molecular flexibility index (Phi) is 3.23. The summed E-state index contributed by atoms with van der Waals surface area (Å²) in [7, 11) is 0. The molecule has 4 nitrogen and oxygen atoms in total. The average Bonchev–Trinajstić information content (AvgIpc) is 2.33. The van der Waals surface area contributed by atoms with Gasteiger partial charge in [-0.3, -0.25) is 0 Å². The molecule has 0 aliphatic rings. The highest BCUT2D eigenvalue weighted by atomic mass is 15.0. The summed E-state index contributed by atoms with van der Waals surface area (Å²) in [4.78, 5) is 8.10. The molecule has 0 saturated carbocycles. The molecular formula is C13H16N4. The number of aryl methyl sites for hydroxylation is 1. The predicted octanol–water partition coefficient (Wildman–Crippen LogP) is 2.29. The second-order valence-electron chi connectivity index (χ2n) is 4.07. The van der Waals surface area contributed by atoms with E-state index in [1.165, 1.54) is 17.5 Å². The fraction of sp³-hybridized carbons (Fsp3) is 0.231. The summed E-state index contributed by atoms with van der Waals surface area (Å²) in [6, 6.07) is 8.39. The molecule has 0 bridgehead atoms. The van der Waals surface area contributed by atoms with Crippen molar-refractivity contribution in [3.8, 4) is 0 Å². The molecule has 0 amide bonds. The summed E-state index contributed by atoms with van der Waals surface area (Å²) in [5, 5.41) is 3.26. The third kappa shape index (κ3) is 2.72. The molecule has 2 aromatic rings. The number of anilines is 2. The number of hydrogen-bond donors (Lipinski definition) is 2. The van der Waals surface area contributed by atoms with Gasteiger partial charge in [0.15, 0.2) is 0 Å². The van der Waals surface area contributed by atoms with E-state index in [2.05, 4.69) is 46.5 Å². The minimum Gasteiger partial charge on any atom is -0.383 e. The van der Waals surface area contributed by atoms with Crippen molar-refractivity contribution in [1.29, 1.82) is 0 Å². The second-order valence-corrected chi connectivity index (χ2v) is 4.07. The Morgan fingerprint density at radius 1 is 1.12 bits per heavy atom. The lowest BCUT2D eigenvalue weighted by atomic mass is 10.1. The summed E-state index contributed by atoms with van der Waals surface area (Å²) < 4.78 is 0. The molecule has 0 unspecified atom stereocenters. The summed E-state index contributed by atoms with van der Waals surface area (Å²) in [6.45, 7) is 4.72. The SMILES string of the molecule is Cc1ccc(CNc2ncnc(N)c2C)cc1. The summed E-state index contributed by atoms with van der Waals surface area (Å²) in [5.74, 6) is 1.31. The van der Waals surface area contributed by atoms with E-state index in [1.54, 1.807) is 0 Å². The minimum absolute atomic E-state index is 0.520. The highest BCUT2D eigenvalue weighted by molar-refractivity contribution is 5.53. The molecule has 1 aromatic heterocycles. The maximum Gasteiger partial charge on any atom is 0.134 e. The molecule has 0 atom stereocenters. The predicted molar refractivity (Wildman–Crippen MR) is 69.7 cm³/mol. The van der Waals surface area contributed by atoms with Crippen LogP contribution in [0.2, 0.25) is 0 Å². The van der Waals surface area contributed by atoms with Crippen molar-refractivity contribution in [3.05, 3.63) is 47.3 Å². The number of nitrogens with one attached hydrogen (secondary N) is 1. The van der Waals surface area contributed by atoms with Gasteiger partial charge in [0.1, 0.15) is 18.0 Å². The largest absolute Gasteiger partial charge is 0.383 e. The zero-order valence-electron chi connectivity index (χ0n) is 10.1. The number of aromatic nitrogens is 2. The maximum absolute atomic E-state index is 5.72. The molecular weight excluding hydrogens is 212 g/mol. The lowest BCUT2D eigenvalue weighted by molar-refractivity contribution is 1.06. The van der Waals surface area contributed by atoms with E-state index in [1.807, 2.05) is 6.92 Å². The first-order chi connectivity index (χ1) is 8.16. The Morgan fingerprint density at radius 3 is 2.53 bits per heavy atom. The van der Waals surface area contributed by atoms with E-state index in [0.29, 0.717) is 5.82 Å². The number of nitrogens with zero attached hydrogens (tertiary/aromatic N) is 2. The van der Waals surface area contributed by atoms with E-state index in [4.69, 9.17) is 5.73 Å². The van der Waals surface area contributed by atoms with Crippen LogP contribution in [0.15, 0.2) is 30.6 Å². The normalized spacial score (nSPS) is 10.2. The topological polar surface area (TPSA) is 63.8 Å². The molecule has 0 aliphatic heterocycles. The van der Waals surface area contributed by atoms with Crippen molar-refractivity contribution in [2.45, 2.75) is 20.4 Å². The zero-order valence-corrected chi connectivity index (χ0v) is 10.1. The highest BCUT2D eigenvalue weighted by Gasteiger charge is 2.03. The van der Waals surface area contributed by atoms with Crippen LogP contribution in [-0.2, 0) is 6.54 Å². The molecule has 1 heterocycles. The van der Waals surface area contributed by atoms with Crippen LogP contribution in [-0.4, -0.2) is 9.97 Å². The van der Waals surface area contributed by atoms with Gasteiger partial charge in [-0.15, -0.1) is 0 Å². The molecule has 0 aliphatic carbocycles. The third-order valence-electron chi connectivity index (χ3n) is 2.70. The third-order valence-corrected chi connectivity index (χ3v) is 2.70. The fourth-order valence-corrected chi connectivity index (χ4v) is 1.53. The monoisotopic (exact) mass is 228 g/mol. The maximum atomic E-state index is 5.72. The Balaban J connectivity index is 2.07. The van der Waals surface area contributed by atoms with Crippen molar-refractivity contribution < 1.29 is 0 Å². The Morgan fingerprint density at radius 2 is 1.82 bits per heavy atom. The van der Waals surface area contributed by atoms with Gasteiger partial charge in [0.25, 0.3) is 0 Å². The number of rotatable bonds is 3. The van der Waals surface area contributed by atoms with Crippen molar-refractivity contribution in [2.75, 3.05) is 11.1 Å². The Bertz CT molecular complexity index is 505. The van der Waals surface area contributed by atoms with E-state index >= 15 is 0 Å². The van der Waals surface area contributed by atoms with E-state index in [9.17, 15) is 0 Å². The van der Waals surface area contributed by atoms with Crippen LogP contribution in [0.5, 0.6) is 0 Å². The van der Waals surface area contributed by atoms with E-state index in [0.717, 1.165) is 17.9 Å². The Labute approximate surface area is 101 Å². The molecule has 1 aromatic carbocycles. The van der Waals surface area contributed by atoms with Crippen molar-refractivity contribution in [2.24, 2.45) is 0 Å². The molecule has 17 heavy (non-hydrogen) atoms. The van der Waals surface area contributed by atoms with Crippen LogP contribution in [0.25, 0.3) is 0 Å². The highest BCUT2D eigenvalue weighted by Crippen LogP contribution is 2.15. The second kappa shape index (κ2) is 4.82.